The number of hydrogen-bond acceptors (Lipinski definition) is 6. The number of carbonyl (C=O) groups is 5. The van der Waals surface area contributed by atoms with Crippen molar-refractivity contribution in [1.29, 1.82) is 0 Å². The lowest BCUT2D eigenvalue weighted by molar-refractivity contribution is -0.142. The molecule has 11 nitrogen and oxygen atoms in total. The van der Waals surface area contributed by atoms with Crippen LogP contribution in [0.5, 0.6) is 0 Å². The van der Waals surface area contributed by atoms with Crippen molar-refractivity contribution in [3.63, 3.8) is 0 Å². The molecule has 3 amide bonds. The van der Waals surface area contributed by atoms with Gasteiger partial charge in [0, 0.05) is 6.42 Å². The van der Waals surface area contributed by atoms with Crippen molar-refractivity contribution >= 4 is 29.7 Å². The van der Waals surface area contributed by atoms with Crippen LogP contribution in [0.3, 0.4) is 0 Å². The van der Waals surface area contributed by atoms with Crippen LogP contribution >= 0.6 is 0 Å². The molecule has 0 saturated heterocycles. The summed E-state index contributed by atoms with van der Waals surface area (Å²) in [5, 5.41) is 24.9. The summed E-state index contributed by atoms with van der Waals surface area (Å²) in [7, 11) is 0. The molecule has 0 aromatic carbocycles. The second-order valence-electron chi connectivity index (χ2n) is 6.72. The Kier molecular flexibility index (Phi) is 10.8. The molecule has 160 valence electrons. The first kappa shape index (κ1) is 25.3. The predicted octanol–water partition coefficient (Wildman–Crippen LogP) is -1.20. The van der Waals surface area contributed by atoms with Gasteiger partial charge >= 0.3 is 11.9 Å². The monoisotopic (exact) mass is 402 g/mol. The molecule has 7 N–H and O–H groups in total. The van der Waals surface area contributed by atoms with Gasteiger partial charge in [-0.25, -0.2) is 0 Å². The van der Waals surface area contributed by atoms with Crippen molar-refractivity contribution in [2.24, 2.45) is 11.7 Å². The second kappa shape index (κ2) is 11.9. The van der Waals surface area contributed by atoms with E-state index < -0.39 is 53.8 Å². The molecule has 28 heavy (non-hydrogen) atoms. The number of carboxylic acid groups (broad SMARTS) is 2. The van der Waals surface area contributed by atoms with Gasteiger partial charge in [0.05, 0.1) is 6.04 Å². The Bertz CT molecular complexity index is 594. The van der Waals surface area contributed by atoms with Crippen molar-refractivity contribution in [3.8, 4) is 0 Å². The molecule has 0 aromatic rings. The molecule has 0 aliphatic carbocycles. The van der Waals surface area contributed by atoms with Crippen LogP contribution in [0, 0.1) is 5.92 Å². The molecule has 0 heterocycles. The van der Waals surface area contributed by atoms with E-state index in [2.05, 4.69) is 16.0 Å². The lowest BCUT2D eigenvalue weighted by atomic mass is 9.97. The van der Waals surface area contributed by atoms with Crippen molar-refractivity contribution in [3.05, 3.63) is 0 Å². The molecule has 0 rings (SSSR count). The molecule has 0 fully saturated rings. The molecule has 0 aliphatic rings. The Morgan fingerprint density at radius 2 is 1.46 bits per heavy atom. The number of carbonyl (C=O) groups excluding carboxylic acids is 3. The van der Waals surface area contributed by atoms with Crippen LogP contribution in [0.2, 0.25) is 0 Å². The average Bonchev–Trinajstić information content (AvgIpc) is 2.61. The number of rotatable bonds is 12. The van der Waals surface area contributed by atoms with Gasteiger partial charge in [0.25, 0.3) is 0 Å². The Labute approximate surface area is 163 Å². The largest absolute Gasteiger partial charge is 0.481 e. The predicted molar refractivity (Wildman–Crippen MR) is 99.1 cm³/mol. The van der Waals surface area contributed by atoms with E-state index in [0.29, 0.717) is 6.42 Å². The Hall–Kier alpha value is -2.69. The molecule has 5 unspecified atom stereocenters. The van der Waals surface area contributed by atoms with Crippen LogP contribution in [0.25, 0.3) is 0 Å². The van der Waals surface area contributed by atoms with Gasteiger partial charge in [-0.1, -0.05) is 20.3 Å². The number of hydrogen-bond donors (Lipinski definition) is 6. The summed E-state index contributed by atoms with van der Waals surface area (Å²) in [5.74, 6) is -4.80. The lowest BCUT2D eigenvalue weighted by Crippen LogP contribution is -2.58. The summed E-state index contributed by atoms with van der Waals surface area (Å²) in [6.45, 7) is 6.18. The first-order valence-electron chi connectivity index (χ1n) is 9.01. The van der Waals surface area contributed by atoms with Gasteiger partial charge < -0.3 is 31.9 Å². The standard InChI is InChI=1S/C17H30N4O7/c1-5-8(2)13(16(26)19-10(4)17(27)28)21-15(25)11(6-7-12(22)23)20-14(24)9(3)18/h8-11,13H,5-7,18H2,1-4H3,(H,19,26)(H,20,24)(H,21,25)(H,22,23)(H,27,28). The highest BCUT2D eigenvalue weighted by atomic mass is 16.4. The van der Waals surface area contributed by atoms with E-state index in [-0.39, 0.29) is 18.8 Å². The maximum absolute atomic E-state index is 12.6. The Morgan fingerprint density at radius 1 is 0.893 bits per heavy atom. The third-order valence-electron chi connectivity index (χ3n) is 4.22. The van der Waals surface area contributed by atoms with E-state index in [1.165, 1.54) is 13.8 Å². The smallest absolute Gasteiger partial charge is 0.325 e. The zero-order valence-electron chi connectivity index (χ0n) is 16.5. The topological polar surface area (TPSA) is 188 Å². The number of carboxylic acids is 2. The summed E-state index contributed by atoms with van der Waals surface area (Å²) in [4.78, 5) is 58.6. The third kappa shape index (κ3) is 8.80. The summed E-state index contributed by atoms with van der Waals surface area (Å²) < 4.78 is 0. The summed E-state index contributed by atoms with van der Waals surface area (Å²) in [6, 6.07) is -4.33. The fourth-order valence-corrected chi connectivity index (χ4v) is 2.16. The minimum absolute atomic E-state index is 0.194. The van der Waals surface area contributed by atoms with E-state index in [4.69, 9.17) is 15.9 Å². The third-order valence-corrected chi connectivity index (χ3v) is 4.22. The summed E-state index contributed by atoms with van der Waals surface area (Å²) in [6.07, 6.45) is -0.0701. The summed E-state index contributed by atoms with van der Waals surface area (Å²) in [5.41, 5.74) is 5.46. The van der Waals surface area contributed by atoms with Crippen LogP contribution in [-0.4, -0.2) is 64.0 Å². The van der Waals surface area contributed by atoms with E-state index in [0.717, 1.165) is 0 Å². The Balaban J connectivity index is 5.36. The van der Waals surface area contributed by atoms with Crippen LogP contribution in [0.1, 0.15) is 47.0 Å². The van der Waals surface area contributed by atoms with Crippen molar-refractivity contribution in [1.82, 2.24) is 16.0 Å². The fraction of sp³-hybridized carbons (Fsp3) is 0.706. The van der Waals surface area contributed by atoms with Gasteiger partial charge in [0.2, 0.25) is 17.7 Å². The molecule has 0 spiro atoms. The maximum Gasteiger partial charge on any atom is 0.325 e. The molecule has 0 saturated carbocycles. The van der Waals surface area contributed by atoms with Crippen LogP contribution in [-0.2, 0) is 24.0 Å². The van der Waals surface area contributed by atoms with Crippen molar-refractivity contribution in [2.45, 2.75) is 71.1 Å². The van der Waals surface area contributed by atoms with E-state index >= 15 is 0 Å². The summed E-state index contributed by atoms with van der Waals surface area (Å²) >= 11 is 0. The van der Waals surface area contributed by atoms with Gasteiger partial charge in [-0.3, -0.25) is 24.0 Å². The minimum atomic E-state index is -1.23. The quantitative estimate of drug-likeness (QED) is 0.235. The molecular weight excluding hydrogens is 372 g/mol. The highest BCUT2D eigenvalue weighted by Crippen LogP contribution is 2.10. The number of amides is 3. The van der Waals surface area contributed by atoms with Crippen LogP contribution < -0.4 is 21.7 Å². The van der Waals surface area contributed by atoms with Gasteiger partial charge in [-0.05, 0) is 26.2 Å². The first-order chi connectivity index (χ1) is 12.9. The molecule has 0 radical (unpaired) electrons. The second-order valence-corrected chi connectivity index (χ2v) is 6.72. The average molecular weight is 402 g/mol. The van der Waals surface area contributed by atoms with Gasteiger partial charge in [-0.15, -0.1) is 0 Å². The number of nitrogens with two attached hydrogens (primary N) is 1. The molecular formula is C17H30N4O7. The fourth-order valence-electron chi connectivity index (χ4n) is 2.16. The molecule has 0 aromatic heterocycles. The van der Waals surface area contributed by atoms with Gasteiger partial charge in [0.1, 0.15) is 18.1 Å². The maximum atomic E-state index is 12.6. The highest BCUT2D eigenvalue weighted by molar-refractivity contribution is 5.94. The number of aliphatic carboxylic acids is 2. The van der Waals surface area contributed by atoms with E-state index in [9.17, 15) is 24.0 Å². The van der Waals surface area contributed by atoms with E-state index in [1.807, 2.05) is 0 Å². The lowest BCUT2D eigenvalue weighted by Gasteiger charge is -2.27. The van der Waals surface area contributed by atoms with E-state index in [1.54, 1.807) is 13.8 Å². The first-order valence-corrected chi connectivity index (χ1v) is 9.01. The molecule has 5 atom stereocenters. The number of nitrogens with one attached hydrogen (secondary N) is 3. The zero-order valence-corrected chi connectivity index (χ0v) is 16.5. The normalized spacial score (nSPS) is 16.0. The Morgan fingerprint density at radius 3 is 1.89 bits per heavy atom. The molecule has 0 bridgehead atoms. The van der Waals surface area contributed by atoms with Gasteiger partial charge in [-0.2, -0.15) is 0 Å². The minimum Gasteiger partial charge on any atom is -0.481 e. The molecule has 11 heteroatoms. The van der Waals surface area contributed by atoms with Crippen molar-refractivity contribution < 1.29 is 34.2 Å². The highest BCUT2D eigenvalue weighted by Gasteiger charge is 2.31. The molecule has 0 aliphatic heterocycles. The van der Waals surface area contributed by atoms with Gasteiger partial charge in [0.15, 0.2) is 0 Å². The SMILES string of the molecule is CCC(C)C(NC(=O)C(CCC(=O)O)NC(=O)C(C)N)C(=O)NC(C)C(=O)O. The van der Waals surface area contributed by atoms with Crippen LogP contribution in [0.15, 0.2) is 0 Å². The van der Waals surface area contributed by atoms with Crippen molar-refractivity contribution in [2.75, 3.05) is 0 Å². The van der Waals surface area contributed by atoms with Crippen LogP contribution in [0.4, 0.5) is 0 Å². The zero-order chi connectivity index (χ0) is 22.0.